The highest BCUT2D eigenvalue weighted by atomic mass is 16.5. The first-order valence-electron chi connectivity index (χ1n) is 7.77. The van der Waals surface area contributed by atoms with Gasteiger partial charge in [-0.2, -0.15) is 0 Å². The predicted octanol–water partition coefficient (Wildman–Crippen LogP) is 2.86. The smallest absolute Gasteiger partial charge is 0.306 e. The molecule has 0 aliphatic heterocycles. The van der Waals surface area contributed by atoms with Crippen molar-refractivity contribution in [1.29, 1.82) is 0 Å². The minimum atomic E-state index is -0.972. The molecule has 23 heavy (non-hydrogen) atoms. The van der Waals surface area contributed by atoms with Crippen LogP contribution in [0.15, 0.2) is 36.4 Å². The van der Waals surface area contributed by atoms with Crippen LogP contribution in [0.5, 0.6) is 5.75 Å². The number of ether oxygens (including phenoxy) is 1. The number of allylic oxidation sites excluding steroid dienone is 2. The van der Waals surface area contributed by atoms with E-state index in [1.165, 1.54) is 0 Å². The molecule has 0 saturated carbocycles. The molecule has 2 rings (SSSR count). The maximum absolute atomic E-state index is 12.4. The molecule has 2 atom stereocenters. The van der Waals surface area contributed by atoms with Crippen LogP contribution in [0.1, 0.15) is 38.2 Å². The lowest BCUT2D eigenvalue weighted by Gasteiger charge is -2.30. The Kier molecular flexibility index (Phi) is 5.42. The van der Waals surface area contributed by atoms with Crippen molar-refractivity contribution in [2.24, 2.45) is 5.92 Å². The average Bonchev–Trinajstić information content (AvgIpc) is 2.99. The zero-order valence-corrected chi connectivity index (χ0v) is 13.5. The molecule has 1 aliphatic rings. The van der Waals surface area contributed by atoms with E-state index < -0.39 is 11.5 Å². The Hall–Kier alpha value is -2.30. The van der Waals surface area contributed by atoms with Crippen LogP contribution in [-0.4, -0.2) is 24.1 Å². The number of methoxy groups -OCH3 is 1. The van der Waals surface area contributed by atoms with Gasteiger partial charge in [-0.3, -0.25) is 9.59 Å². The molecule has 0 saturated heterocycles. The number of aliphatic carboxylic acids is 1. The largest absolute Gasteiger partial charge is 0.497 e. The molecule has 124 valence electrons. The fourth-order valence-electron chi connectivity index (χ4n) is 2.95. The molecule has 2 N–H and O–H groups in total. The van der Waals surface area contributed by atoms with Gasteiger partial charge in [-0.1, -0.05) is 24.3 Å². The number of carboxylic acids is 1. The van der Waals surface area contributed by atoms with Crippen LogP contribution >= 0.6 is 0 Å². The lowest BCUT2D eigenvalue weighted by Crippen LogP contribution is -2.45. The third kappa shape index (κ3) is 4.58. The maximum Gasteiger partial charge on any atom is 0.306 e. The molecule has 1 amide bonds. The second kappa shape index (κ2) is 7.31. The standard InChI is InChI=1S/C18H23NO4/c1-18(12-17(21)22,14-8-5-9-15(11-14)23-2)19-16(20)10-13-6-3-4-7-13/h3,5-6,8-9,11,13H,4,7,10,12H2,1-2H3,(H,19,20)(H,21,22). The van der Waals surface area contributed by atoms with E-state index in [9.17, 15) is 14.7 Å². The molecule has 5 nitrogen and oxygen atoms in total. The summed E-state index contributed by atoms with van der Waals surface area (Å²) in [6, 6.07) is 7.15. The molecule has 0 radical (unpaired) electrons. The number of carboxylic acid groups (broad SMARTS) is 1. The van der Waals surface area contributed by atoms with Gasteiger partial charge in [-0.05, 0) is 43.4 Å². The highest BCUT2D eigenvalue weighted by Gasteiger charge is 2.32. The maximum atomic E-state index is 12.4. The second-order valence-corrected chi connectivity index (χ2v) is 6.15. The number of carbonyl (C=O) groups is 2. The Morgan fingerprint density at radius 1 is 1.43 bits per heavy atom. The van der Waals surface area contributed by atoms with Gasteiger partial charge in [0.05, 0.1) is 19.1 Å². The van der Waals surface area contributed by atoms with Crippen LogP contribution < -0.4 is 10.1 Å². The number of hydrogen-bond donors (Lipinski definition) is 2. The summed E-state index contributed by atoms with van der Waals surface area (Å²) in [5, 5.41) is 12.2. The van der Waals surface area contributed by atoms with Gasteiger partial charge >= 0.3 is 5.97 Å². The summed E-state index contributed by atoms with van der Waals surface area (Å²) in [5.41, 5.74) is -0.255. The minimum absolute atomic E-state index is 0.131. The van der Waals surface area contributed by atoms with E-state index >= 15 is 0 Å². The number of rotatable bonds is 7. The molecule has 0 heterocycles. The number of amides is 1. The molecule has 1 aromatic carbocycles. The topological polar surface area (TPSA) is 75.6 Å². The van der Waals surface area contributed by atoms with E-state index in [0.29, 0.717) is 12.2 Å². The summed E-state index contributed by atoms with van der Waals surface area (Å²) < 4.78 is 5.20. The minimum Gasteiger partial charge on any atom is -0.497 e. The van der Waals surface area contributed by atoms with Crippen LogP contribution in [0.25, 0.3) is 0 Å². The summed E-state index contributed by atoms with van der Waals surface area (Å²) >= 11 is 0. The van der Waals surface area contributed by atoms with Gasteiger partial charge in [0.15, 0.2) is 0 Å². The molecule has 0 spiro atoms. The summed E-state index contributed by atoms with van der Waals surface area (Å²) in [6.45, 7) is 1.73. The van der Waals surface area contributed by atoms with Gasteiger partial charge in [0, 0.05) is 6.42 Å². The molecule has 5 heteroatoms. The predicted molar refractivity (Wildman–Crippen MR) is 87.2 cm³/mol. The number of carbonyl (C=O) groups excluding carboxylic acids is 1. The lowest BCUT2D eigenvalue weighted by atomic mass is 9.87. The van der Waals surface area contributed by atoms with Crippen LogP contribution in [0, 0.1) is 5.92 Å². The van der Waals surface area contributed by atoms with Gasteiger partial charge in [0.2, 0.25) is 5.91 Å². The van der Waals surface area contributed by atoms with Crippen molar-refractivity contribution in [3.63, 3.8) is 0 Å². The summed E-state index contributed by atoms with van der Waals surface area (Å²) in [4.78, 5) is 23.6. The van der Waals surface area contributed by atoms with Crippen LogP contribution in [-0.2, 0) is 15.1 Å². The highest BCUT2D eigenvalue weighted by molar-refractivity contribution is 5.79. The van der Waals surface area contributed by atoms with Gasteiger partial charge < -0.3 is 15.2 Å². The van der Waals surface area contributed by atoms with E-state index in [-0.39, 0.29) is 18.2 Å². The molecule has 1 aliphatic carbocycles. The number of benzene rings is 1. The molecule has 1 aromatic rings. The number of hydrogen-bond acceptors (Lipinski definition) is 3. The van der Waals surface area contributed by atoms with Crippen LogP contribution in [0.2, 0.25) is 0 Å². The molecular weight excluding hydrogens is 294 g/mol. The van der Waals surface area contributed by atoms with E-state index in [1.54, 1.807) is 38.3 Å². The Labute approximate surface area is 136 Å². The SMILES string of the molecule is COc1cccc(C(C)(CC(=O)O)NC(=O)CC2C=CCC2)c1. The Balaban J connectivity index is 2.18. The normalized spacial score (nSPS) is 19.1. The van der Waals surface area contributed by atoms with Crippen molar-refractivity contribution in [3.8, 4) is 5.75 Å². The van der Waals surface area contributed by atoms with Gasteiger partial charge in [0.25, 0.3) is 0 Å². The Bertz CT molecular complexity index is 611. The molecule has 2 unspecified atom stereocenters. The van der Waals surface area contributed by atoms with E-state index in [1.807, 2.05) is 0 Å². The fraction of sp³-hybridized carbons (Fsp3) is 0.444. The fourth-order valence-corrected chi connectivity index (χ4v) is 2.95. The van der Waals surface area contributed by atoms with Gasteiger partial charge in [-0.25, -0.2) is 0 Å². The van der Waals surface area contributed by atoms with E-state index in [0.717, 1.165) is 18.4 Å². The van der Waals surface area contributed by atoms with Crippen molar-refractivity contribution >= 4 is 11.9 Å². The third-order valence-electron chi connectivity index (χ3n) is 4.19. The van der Waals surface area contributed by atoms with E-state index in [2.05, 4.69) is 17.5 Å². The quantitative estimate of drug-likeness (QED) is 0.758. The zero-order chi connectivity index (χ0) is 16.9. The Morgan fingerprint density at radius 3 is 2.83 bits per heavy atom. The Morgan fingerprint density at radius 2 is 2.22 bits per heavy atom. The average molecular weight is 317 g/mol. The monoisotopic (exact) mass is 317 g/mol. The van der Waals surface area contributed by atoms with Gasteiger partial charge in [0.1, 0.15) is 5.75 Å². The first-order chi connectivity index (χ1) is 10.9. The lowest BCUT2D eigenvalue weighted by molar-refractivity contribution is -0.139. The van der Waals surface area contributed by atoms with E-state index in [4.69, 9.17) is 4.74 Å². The summed E-state index contributed by atoms with van der Waals surface area (Å²) in [6.07, 6.45) is 6.31. The number of nitrogens with one attached hydrogen (secondary N) is 1. The van der Waals surface area contributed by atoms with Crippen molar-refractivity contribution in [2.45, 2.75) is 38.1 Å². The molecule has 0 bridgehead atoms. The van der Waals surface area contributed by atoms with Crippen molar-refractivity contribution in [1.82, 2.24) is 5.32 Å². The summed E-state index contributed by atoms with van der Waals surface area (Å²) in [5.74, 6) is -0.217. The van der Waals surface area contributed by atoms with Crippen LogP contribution in [0.4, 0.5) is 0 Å². The molecule has 0 aromatic heterocycles. The van der Waals surface area contributed by atoms with Gasteiger partial charge in [-0.15, -0.1) is 0 Å². The third-order valence-corrected chi connectivity index (χ3v) is 4.19. The zero-order valence-electron chi connectivity index (χ0n) is 13.5. The summed E-state index contributed by atoms with van der Waals surface area (Å²) in [7, 11) is 1.55. The van der Waals surface area contributed by atoms with Crippen molar-refractivity contribution < 1.29 is 19.4 Å². The molecular formula is C18H23NO4. The molecule has 0 fully saturated rings. The van der Waals surface area contributed by atoms with Crippen molar-refractivity contribution in [3.05, 3.63) is 42.0 Å². The second-order valence-electron chi connectivity index (χ2n) is 6.15. The highest BCUT2D eigenvalue weighted by Crippen LogP contribution is 2.29. The van der Waals surface area contributed by atoms with Crippen molar-refractivity contribution in [2.75, 3.05) is 7.11 Å². The van der Waals surface area contributed by atoms with Crippen LogP contribution in [0.3, 0.4) is 0 Å². The first kappa shape index (κ1) is 17.1. The first-order valence-corrected chi connectivity index (χ1v) is 7.77.